The van der Waals surface area contributed by atoms with Crippen molar-refractivity contribution >= 4 is 5.91 Å². The van der Waals surface area contributed by atoms with Crippen LogP contribution in [0.4, 0.5) is 0 Å². The third-order valence-electron chi connectivity index (χ3n) is 4.01. The van der Waals surface area contributed by atoms with Crippen LogP contribution in [-0.4, -0.2) is 25.2 Å². The molecule has 0 aliphatic carbocycles. The van der Waals surface area contributed by atoms with Crippen LogP contribution < -0.4 is 11.1 Å². The van der Waals surface area contributed by atoms with Crippen LogP contribution in [0.25, 0.3) is 0 Å². The lowest BCUT2D eigenvalue weighted by atomic mass is 9.91. The zero-order valence-electron chi connectivity index (χ0n) is 12.3. The maximum absolute atomic E-state index is 12.2. The molecule has 0 saturated carbocycles. The lowest BCUT2D eigenvalue weighted by Gasteiger charge is -2.28. The minimum absolute atomic E-state index is 0.0195. The molecule has 3 N–H and O–H groups in total. The van der Waals surface area contributed by atoms with Gasteiger partial charge in [0.2, 0.25) is 5.91 Å². The van der Waals surface area contributed by atoms with Crippen molar-refractivity contribution in [3.05, 3.63) is 35.4 Å². The second kappa shape index (κ2) is 6.86. The molecule has 1 fully saturated rings. The Bertz CT molecular complexity index is 438. The van der Waals surface area contributed by atoms with Gasteiger partial charge in [-0.25, -0.2) is 0 Å². The molecule has 20 heavy (non-hydrogen) atoms. The largest absolute Gasteiger partial charge is 0.381 e. The molecule has 4 heteroatoms. The molecule has 110 valence electrons. The number of hydrogen-bond donors (Lipinski definition) is 2. The smallest absolute Gasteiger partial charge is 0.237 e. The van der Waals surface area contributed by atoms with E-state index < -0.39 is 6.04 Å². The minimum Gasteiger partial charge on any atom is -0.381 e. The molecule has 1 aliphatic rings. The molecule has 0 bridgehead atoms. The van der Waals surface area contributed by atoms with Crippen molar-refractivity contribution in [2.45, 2.75) is 38.8 Å². The second-order valence-electron chi connectivity index (χ2n) is 5.62. The molecule has 1 aliphatic heterocycles. The number of ether oxygens (including phenoxy) is 1. The summed E-state index contributed by atoms with van der Waals surface area (Å²) in [5, 5.41) is 3.01. The lowest BCUT2D eigenvalue weighted by Crippen LogP contribution is -2.47. The molecule has 2 unspecified atom stereocenters. The van der Waals surface area contributed by atoms with Gasteiger partial charge in [-0.15, -0.1) is 0 Å². The third kappa shape index (κ3) is 3.81. The Morgan fingerprint density at radius 3 is 2.50 bits per heavy atom. The lowest BCUT2D eigenvalue weighted by molar-refractivity contribution is -0.125. The third-order valence-corrected chi connectivity index (χ3v) is 4.01. The highest BCUT2D eigenvalue weighted by Crippen LogP contribution is 2.19. The number of aryl methyl sites for hydroxylation is 1. The van der Waals surface area contributed by atoms with Crippen molar-refractivity contribution < 1.29 is 9.53 Å². The van der Waals surface area contributed by atoms with Crippen LogP contribution in [0.3, 0.4) is 0 Å². The van der Waals surface area contributed by atoms with E-state index in [1.165, 1.54) is 5.56 Å². The Kier molecular flexibility index (Phi) is 5.15. The van der Waals surface area contributed by atoms with Gasteiger partial charge in [0.1, 0.15) is 0 Å². The number of amides is 1. The molecule has 1 saturated heterocycles. The Balaban J connectivity index is 1.91. The quantitative estimate of drug-likeness (QED) is 0.883. The maximum Gasteiger partial charge on any atom is 0.237 e. The van der Waals surface area contributed by atoms with E-state index in [1.807, 2.05) is 26.0 Å². The Hall–Kier alpha value is -1.39. The van der Waals surface area contributed by atoms with Crippen molar-refractivity contribution in [1.29, 1.82) is 0 Å². The van der Waals surface area contributed by atoms with Crippen LogP contribution in [0.5, 0.6) is 0 Å². The first-order valence-electron chi connectivity index (χ1n) is 7.28. The van der Waals surface area contributed by atoms with Crippen LogP contribution >= 0.6 is 0 Å². The second-order valence-corrected chi connectivity index (χ2v) is 5.62. The van der Waals surface area contributed by atoms with Crippen molar-refractivity contribution in [2.75, 3.05) is 13.2 Å². The van der Waals surface area contributed by atoms with E-state index in [0.717, 1.165) is 18.4 Å². The van der Waals surface area contributed by atoms with Crippen molar-refractivity contribution in [3.63, 3.8) is 0 Å². The highest BCUT2D eigenvalue weighted by molar-refractivity contribution is 5.82. The first-order valence-corrected chi connectivity index (χ1v) is 7.28. The first kappa shape index (κ1) is 15.0. The Labute approximate surface area is 120 Å². The van der Waals surface area contributed by atoms with Gasteiger partial charge in [-0.3, -0.25) is 4.79 Å². The summed E-state index contributed by atoms with van der Waals surface area (Å²) in [5.41, 5.74) is 8.39. The summed E-state index contributed by atoms with van der Waals surface area (Å²) < 4.78 is 5.30. The number of nitrogens with one attached hydrogen (secondary N) is 1. The normalized spacial score (nSPS) is 19.4. The zero-order chi connectivity index (χ0) is 14.5. The molecule has 0 spiro atoms. The van der Waals surface area contributed by atoms with Crippen LogP contribution in [-0.2, 0) is 9.53 Å². The highest BCUT2D eigenvalue weighted by atomic mass is 16.5. The molecule has 1 heterocycles. The standard InChI is InChI=1S/C16H24N2O2/c1-11-3-5-13(6-4-11)12(2)18-16(19)15(17)14-7-9-20-10-8-14/h3-6,12,14-15H,7-10,17H2,1-2H3,(H,18,19). The molecule has 1 aromatic rings. The fourth-order valence-corrected chi connectivity index (χ4v) is 2.54. The molecule has 2 atom stereocenters. The van der Waals surface area contributed by atoms with Gasteiger partial charge in [0, 0.05) is 13.2 Å². The number of hydrogen-bond acceptors (Lipinski definition) is 3. The van der Waals surface area contributed by atoms with Gasteiger partial charge in [-0.05, 0) is 38.2 Å². The molecule has 1 aromatic carbocycles. The van der Waals surface area contributed by atoms with Crippen LogP contribution in [0.2, 0.25) is 0 Å². The van der Waals surface area contributed by atoms with Gasteiger partial charge < -0.3 is 15.8 Å². The van der Waals surface area contributed by atoms with Gasteiger partial charge in [0.25, 0.3) is 0 Å². The summed E-state index contributed by atoms with van der Waals surface area (Å²) in [5.74, 6) is 0.166. The molecule has 4 nitrogen and oxygen atoms in total. The Morgan fingerprint density at radius 1 is 1.30 bits per heavy atom. The topological polar surface area (TPSA) is 64.4 Å². The molecular weight excluding hydrogens is 252 g/mol. The zero-order valence-corrected chi connectivity index (χ0v) is 12.3. The Morgan fingerprint density at radius 2 is 1.90 bits per heavy atom. The molecule has 0 radical (unpaired) electrons. The number of carbonyl (C=O) groups is 1. The van der Waals surface area contributed by atoms with Gasteiger partial charge in [-0.2, -0.15) is 0 Å². The van der Waals surface area contributed by atoms with Crippen molar-refractivity contribution in [3.8, 4) is 0 Å². The number of nitrogens with two attached hydrogens (primary N) is 1. The summed E-state index contributed by atoms with van der Waals surface area (Å²) in [7, 11) is 0. The number of rotatable bonds is 4. The van der Waals surface area contributed by atoms with Gasteiger partial charge in [0.15, 0.2) is 0 Å². The fraction of sp³-hybridized carbons (Fsp3) is 0.562. The van der Waals surface area contributed by atoms with Crippen LogP contribution in [0.1, 0.15) is 36.9 Å². The van der Waals surface area contributed by atoms with E-state index >= 15 is 0 Å². The number of carbonyl (C=O) groups excluding carboxylic acids is 1. The first-order chi connectivity index (χ1) is 9.58. The van der Waals surface area contributed by atoms with Gasteiger partial charge in [-0.1, -0.05) is 29.8 Å². The van der Waals surface area contributed by atoms with E-state index in [0.29, 0.717) is 13.2 Å². The van der Waals surface area contributed by atoms with Crippen LogP contribution in [0, 0.1) is 12.8 Å². The molecule has 2 rings (SSSR count). The molecule has 1 amide bonds. The van der Waals surface area contributed by atoms with Crippen LogP contribution in [0.15, 0.2) is 24.3 Å². The van der Waals surface area contributed by atoms with Gasteiger partial charge >= 0.3 is 0 Å². The summed E-state index contributed by atoms with van der Waals surface area (Å²) in [6.45, 7) is 5.45. The van der Waals surface area contributed by atoms with Crippen molar-refractivity contribution in [1.82, 2.24) is 5.32 Å². The summed E-state index contributed by atoms with van der Waals surface area (Å²) in [6.07, 6.45) is 1.74. The van der Waals surface area contributed by atoms with E-state index in [9.17, 15) is 4.79 Å². The van der Waals surface area contributed by atoms with E-state index in [2.05, 4.69) is 17.4 Å². The van der Waals surface area contributed by atoms with E-state index in [4.69, 9.17) is 10.5 Å². The summed E-state index contributed by atoms with van der Waals surface area (Å²) in [4.78, 5) is 12.2. The average molecular weight is 276 g/mol. The summed E-state index contributed by atoms with van der Waals surface area (Å²) in [6, 6.07) is 7.73. The number of benzene rings is 1. The highest BCUT2D eigenvalue weighted by Gasteiger charge is 2.27. The van der Waals surface area contributed by atoms with Crippen molar-refractivity contribution in [2.24, 2.45) is 11.7 Å². The van der Waals surface area contributed by atoms with E-state index in [-0.39, 0.29) is 17.9 Å². The summed E-state index contributed by atoms with van der Waals surface area (Å²) >= 11 is 0. The molecule has 0 aromatic heterocycles. The SMILES string of the molecule is Cc1ccc(C(C)NC(=O)C(N)C2CCOCC2)cc1. The minimum atomic E-state index is -0.438. The maximum atomic E-state index is 12.2. The average Bonchev–Trinajstić information content (AvgIpc) is 2.48. The fourth-order valence-electron chi connectivity index (χ4n) is 2.54. The predicted octanol–water partition coefficient (Wildman–Crippen LogP) is 1.93. The monoisotopic (exact) mass is 276 g/mol. The van der Waals surface area contributed by atoms with Gasteiger partial charge in [0.05, 0.1) is 12.1 Å². The predicted molar refractivity (Wildman–Crippen MR) is 79.3 cm³/mol. The van der Waals surface area contributed by atoms with E-state index in [1.54, 1.807) is 0 Å². The molecular formula is C16H24N2O2.